The Bertz CT molecular complexity index is 593. The highest BCUT2D eigenvalue weighted by Gasteiger charge is 2.20. The molecule has 2 aromatic rings. The summed E-state index contributed by atoms with van der Waals surface area (Å²) in [6.07, 6.45) is 2.62. The second-order valence-electron chi connectivity index (χ2n) is 5.77. The summed E-state index contributed by atoms with van der Waals surface area (Å²) in [5, 5.41) is 4.37. The summed E-state index contributed by atoms with van der Waals surface area (Å²) in [5.74, 6) is 0. The lowest BCUT2D eigenvalue weighted by Gasteiger charge is -2.23. The van der Waals surface area contributed by atoms with E-state index in [-0.39, 0.29) is 0 Å². The van der Waals surface area contributed by atoms with E-state index in [1.165, 1.54) is 29.7 Å². The fourth-order valence-electron chi connectivity index (χ4n) is 2.53. The number of hydrogen-bond acceptors (Lipinski definition) is 2. The van der Waals surface area contributed by atoms with Gasteiger partial charge >= 0.3 is 0 Å². The van der Waals surface area contributed by atoms with Crippen LogP contribution in [0, 0.1) is 0 Å². The van der Waals surface area contributed by atoms with Gasteiger partial charge in [-0.3, -0.25) is 0 Å². The molecule has 0 aliphatic heterocycles. The SMILES string of the molecule is CN(Cc1ccccc1)c1cc(Cl)ccc1CNC1CC1. The van der Waals surface area contributed by atoms with Crippen LogP contribution in [0.3, 0.4) is 0 Å². The summed E-state index contributed by atoms with van der Waals surface area (Å²) in [6, 6.07) is 17.4. The van der Waals surface area contributed by atoms with Crippen molar-refractivity contribution in [2.75, 3.05) is 11.9 Å². The van der Waals surface area contributed by atoms with Crippen LogP contribution >= 0.6 is 11.6 Å². The average molecular weight is 301 g/mol. The van der Waals surface area contributed by atoms with E-state index in [1.807, 2.05) is 12.1 Å². The van der Waals surface area contributed by atoms with E-state index < -0.39 is 0 Å². The fourth-order valence-corrected chi connectivity index (χ4v) is 2.69. The van der Waals surface area contributed by atoms with E-state index in [1.54, 1.807) is 0 Å². The predicted molar refractivity (Wildman–Crippen MR) is 89.9 cm³/mol. The fraction of sp³-hybridized carbons (Fsp3) is 0.333. The standard InChI is InChI=1S/C18H21ClN2/c1-21(13-14-5-3-2-4-6-14)18-11-16(19)8-7-15(18)12-20-17-9-10-17/h2-8,11,17,20H,9-10,12-13H2,1H3. The number of rotatable bonds is 6. The molecule has 1 aliphatic carbocycles. The molecule has 0 unspecified atom stereocenters. The van der Waals surface area contributed by atoms with Gasteiger partial charge in [0.05, 0.1) is 0 Å². The van der Waals surface area contributed by atoms with Gasteiger partial charge in [-0.05, 0) is 36.1 Å². The van der Waals surface area contributed by atoms with Gasteiger partial charge in [-0.15, -0.1) is 0 Å². The summed E-state index contributed by atoms with van der Waals surface area (Å²) >= 11 is 6.19. The Morgan fingerprint density at radius 2 is 1.90 bits per heavy atom. The van der Waals surface area contributed by atoms with Gasteiger partial charge in [-0.1, -0.05) is 48.0 Å². The third-order valence-electron chi connectivity index (χ3n) is 3.88. The van der Waals surface area contributed by atoms with Crippen molar-refractivity contribution in [1.29, 1.82) is 0 Å². The summed E-state index contributed by atoms with van der Waals surface area (Å²) in [7, 11) is 2.12. The van der Waals surface area contributed by atoms with E-state index in [4.69, 9.17) is 11.6 Å². The Morgan fingerprint density at radius 1 is 1.14 bits per heavy atom. The summed E-state index contributed by atoms with van der Waals surface area (Å²) in [5.41, 5.74) is 3.82. The van der Waals surface area contributed by atoms with Crippen LogP contribution in [0.2, 0.25) is 5.02 Å². The molecule has 0 aromatic heterocycles. The molecule has 3 rings (SSSR count). The third-order valence-corrected chi connectivity index (χ3v) is 4.11. The summed E-state index contributed by atoms with van der Waals surface area (Å²) in [4.78, 5) is 2.27. The molecule has 1 fully saturated rings. The maximum Gasteiger partial charge on any atom is 0.0427 e. The van der Waals surface area contributed by atoms with Crippen molar-refractivity contribution >= 4 is 17.3 Å². The van der Waals surface area contributed by atoms with Crippen LogP contribution in [-0.2, 0) is 13.1 Å². The zero-order valence-corrected chi connectivity index (χ0v) is 13.1. The van der Waals surface area contributed by atoms with Gasteiger partial charge in [0.25, 0.3) is 0 Å². The molecule has 0 bridgehead atoms. The molecule has 1 aliphatic rings. The lowest BCUT2D eigenvalue weighted by molar-refractivity contribution is 0.685. The zero-order chi connectivity index (χ0) is 14.7. The van der Waals surface area contributed by atoms with E-state index >= 15 is 0 Å². The molecule has 3 heteroatoms. The number of anilines is 1. The summed E-state index contributed by atoms with van der Waals surface area (Å²) < 4.78 is 0. The number of nitrogens with one attached hydrogen (secondary N) is 1. The first kappa shape index (κ1) is 14.4. The van der Waals surface area contributed by atoms with Gasteiger partial charge in [0.15, 0.2) is 0 Å². The van der Waals surface area contributed by atoms with Crippen LogP contribution in [-0.4, -0.2) is 13.1 Å². The van der Waals surface area contributed by atoms with E-state index in [0.717, 1.165) is 18.1 Å². The molecule has 2 nitrogen and oxygen atoms in total. The Kier molecular flexibility index (Phi) is 4.47. The molecule has 1 saturated carbocycles. The molecule has 0 atom stereocenters. The van der Waals surface area contributed by atoms with Crippen molar-refractivity contribution in [3.63, 3.8) is 0 Å². The van der Waals surface area contributed by atoms with E-state index in [2.05, 4.69) is 53.7 Å². The van der Waals surface area contributed by atoms with Gasteiger partial charge in [-0.2, -0.15) is 0 Å². The van der Waals surface area contributed by atoms with Crippen LogP contribution in [0.4, 0.5) is 5.69 Å². The second-order valence-corrected chi connectivity index (χ2v) is 6.21. The molecule has 0 amide bonds. The first-order chi connectivity index (χ1) is 10.2. The van der Waals surface area contributed by atoms with Crippen LogP contribution < -0.4 is 10.2 Å². The van der Waals surface area contributed by atoms with Crippen LogP contribution in [0.1, 0.15) is 24.0 Å². The number of halogens is 1. The molecule has 1 N–H and O–H groups in total. The van der Waals surface area contributed by atoms with Crippen molar-refractivity contribution in [2.45, 2.75) is 32.0 Å². The molecule has 2 aromatic carbocycles. The molecule has 0 radical (unpaired) electrons. The topological polar surface area (TPSA) is 15.3 Å². The lowest BCUT2D eigenvalue weighted by Crippen LogP contribution is -2.21. The quantitative estimate of drug-likeness (QED) is 0.859. The maximum absolute atomic E-state index is 6.19. The van der Waals surface area contributed by atoms with Crippen molar-refractivity contribution in [3.8, 4) is 0 Å². The van der Waals surface area contributed by atoms with E-state index in [0.29, 0.717) is 6.04 Å². The maximum atomic E-state index is 6.19. The van der Waals surface area contributed by atoms with E-state index in [9.17, 15) is 0 Å². The Balaban J connectivity index is 1.76. The third kappa shape index (κ3) is 3.99. The van der Waals surface area contributed by atoms with Crippen molar-refractivity contribution in [2.24, 2.45) is 0 Å². The van der Waals surface area contributed by atoms with Crippen LogP contribution in [0.15, 0.2) is 48.5 Å². The Hall–Kier alpha value is -1.51. The Morgan fingerprint density at radius 3 is 2.62 bits per heavy atom. The van der Waals surface area contributed by atoms with Crippen molar-refractivity contribution in [3.05, 3.63) is 64.7 Å². The highest BCUT2D eigenvalue weighted by Crippen LogP contribution is 2.27. The van der Waals surface area contributed by atoms with Gasteiger partial charge in [0.2, 0.25) is 0 Å². The first-order valence-corrected chi connectivity index (χ1v) is 7.87. The number of hydrogen-bond donors (Lipinski definition) is 1. The minimum absolute atomic E-state index is 0.716. The molecule has 110 valence electrons. The minimum Gasteiger partial charge on any atom is -0.370 e. The van der Waals surface area contributed by atoms with Crippen molar-refractivity contribution in [1.82, 2.24) is 5.32 Å². The largest absolute Gasteiger partial charge is 0.370 e. The van der Waals surface area contributed by atoms with Gasteiger partial charge in [0, 0.05) is 36.9 Å². The molecule has 0 heterocycles. The lowest BCUT2D eigenvalue weighted by atomic mass is 10.1. The van der Waals surface area contributed by atoms with Gasteiger partial charge in [0.1, 0.15) is 0 Å². The number of nitrogens with zero attached hydrogens (tertiary/aromatic N) is 1. The summed E-state index contributed by atoms with van der Waals surface area (Å²) in [6.45, 7) is 1.80. The number of benzene rings is 2. The monoisotopic (exact) mass is 300 g/mol. The molecular weight excluding hydrogens is 280 g/mol. The predicted octanol–water partition coefficient (Wildman–Crippen LogP) is 4.23. The van der Waals surface area contributed by atoms with Crippen molar-refractivity contribution < 1.29 is 0 Å². The molecule has 0 saturated heterocycles. The zero-order valence-electron chi connectivity index (χ0n) is 12.3. The minimum atomic E-state index is 0.716. The van der Waals surface area contributed by atoms with Gasteiger partial charge < -0.3 is 10.2 Å². The van der Waals surface area contributed by atoms with Gasteiger partial charge in [-0.25, -0.2) is 0 Å². The first-order valence-electron chi connectivity index (χ1n) is 7.49. The highest BCUT2D eigenvalue weighted by molar-refractivity contribution is 6.30. The molecular formula is C18H21ClN2. The van der Waals surface area contributed by atoms with Crippen LogP contribution in [0.25, 0.3) is 0 Å². The second kappa shape index (κ2) is 6.50. The smallest absolute Gasteiger partial charge is 0.0427 e. The normalized spacial score (nSPS) is 14.2. The van der Waals surface area contributed by atoms with Crippen LogP contribution in [0.5, 0.6) is 0 Å². The average Bonchev–Trinajstić information content (AvgIpc) is 3.31. The molecule has 0 spiro atoms. The highest BCUT2D eigenvalue weighted by atomic mass is 35.5. The molecule has 21 heavy (non-hydrogen) atoms. The Labute approximate surface area is 131 Å².